The first-order chi connectivity index (χ1) is 16.3. The highest BCUT2D eigenvalue weighted by atomic mass is 19.4. The minimum Gasteiger partial charge on any atom is -0.326 e. The number of nitrogens with one attached hydrogen (secondary N) is 2. The fraction of sp³-hybridized carbons (Fsp3) is 0.208. The Balaban J connectivity index is 1.43. The molecule has 1 saturated carbocycles. The van der Waals surface area contributed by atoms with Gasteiger partial charge in [0.25, 0.3) is 0 Å². The van der Waals surface area contributed by atoms with Crippen molar-refractivity contribution < 1.29 is 18.0 Å². The lowest BCUT2D eigenvalue weighted by atomic mass is 9.98. The van der Waals surface area contributed by atoms with Crippen LogP contribution in [0.2, 0.25) is 0 Å². The van der Waals surface area contributed by atoms with E-state index in [1.165, 1.54) is 6.07 Å². The van der Waals surface area contributed by atoms with E-state index in [9.17, 15) is 18.0 Å². The van der Waals surface area contributed by atoms with Gasteiger partial charge < -0.3 is 5.32 Å². The fourth-order valence-corrected chi connectivity index (χ4v) is 4.12. The number of anilines is 1. The standard InChI is InChI=1S/C24H19F3N6O/c1-23(12-19(23)14-5-3-2-4-6-14)22(34)29-16-8-9-17(18(11-16)21-30-32-33-31-21)15-7-10-20(28-13-15)24(25,26)27/h2-11,13,19H,12H2,1H3,(H,29,34)(H,30,31,32,33). The maximum absolute atomic E-state index is 13.1. The molecule has 7 nitrogen and oxygen atoms in total. The zero-order valence-corrected chi connectivity index (χ0v) is 18.0. The minimum absolute atomic E-state index is 0.105. The van der Waals surface area contributed by atoms with Crippen LogP contribution in [0.15, 0.2) is 66.9 Å². The summed E-state index contributed by atoms with van der Waals surface area (Å²) < 4.78 is 38.7. The van der Waals surface area contributed by atoms with Gasteiger partial charge in [-0.1, -0.05) is 49.4 Å². The zero-order chi connectivity index (χ0) is 23.9. The molecule has 2 aromatic heterocycles. The van der Waals surface area contributed by atoms with Crippen molar-refractivity contribution >= 4 is 11.6 Å². The minimum atomic E-state index is -4.53. The molecule has 34 heavy (non-hydrogen) atoms. The van der Waals surface area contributed by atoms with Gasteiger partial charge in [0.05, 0.1) is 5.41 Å². The van der Waals surface area contributed by atoms with E-state index < -0.39 is 17.3 Å². The Morgan fingerprint density at radius 1 is 1.09 bits per heavy atom. The molecule has 0 saturated heterocycles. The molecule has 1 amide bonds. The van der Waals surface area contributed by atoms with Crippen molar-refractivity contribution in [2.45, 2.75) is 25.4 Å². The number of aromatic nitrogens is 5. The average molecular weight is 464 g/mol. The number of halogens is 3. The quantitative estimate of drug-likeness (QED) is 0.429. The molecule has 2 heterocycles. The summed E-state index contributed by atoms with van der Waals surface area (Å²) in [6.45, 7) is 1.93. The van der Waals surface area contributed by atoms with Crippen LogP contribution in [0, 0.1) is 5.41 Å². The van der Waals surface area contributed by atoms with E-state index in [-0.39, 0.29) is 11.8 Å². The van der Waals surface area contributed by atoms with Crippen LogP contribution >= 0.6 is 0 Å². The number of carbonyl (C=O) groups excluding carboxylic acids is 1. The predicted molar refractivity (Wildman–Crippen MR) is 118 cm³/mol. The normalized spacial score (nSPS) is 19.6. The molecule has 172 valence electrons. The Morgan fingerprint density at radius 2 is 1.88 bits per heavy atom. The molecule has 0 bridgehead atoms. The summed E-state index contributed by atoms with van der Waals surface area (Å²) in [5, 5.41) is 16.7. The topological polar surface area (TPSA) is 96.5 Å². The Morgan fingerprint density at radius 3 is 2.53 bits per heavy atom. The molecule has 0 aliphatic heterocycles. The molecule has 0 radical (unpaired) electrons. The number of aromatic amines is 1. The summed E-state index contributed by atoms with van der Waals surface area (Å²) in [5.74, 6) is 0.349. The smallest absolute Gasteiger partial charge is 0.326 e. The summed E-state index contributed by atoms with van der Waals surface area (Å²) in [6.07, 6.45) is -2.63. The fourth-order valence-electron chi connectivity index (χ4n) is 4.12. The van der Waals surface area contributed by atoms with E-state index >= 15 is 0 Å². The predicted octanol–water partition coefficient (Wildman–Crippen LogP) is 5.08. The molecular formula is C24H19F3N6O. The monoisotopic (exact) mass is 464 g/mol. The molecule has 0 spiro atoms. The van der Waals surface area contributed by atoms with Gasteiger partial charge in [0, 0.05) is 23.0 Å². The number of benzene rings is 2. The first-order valence-corrected chi connectivity index (χ1v) is 10.5. The maximum Gasteiger partial charge on any atom is 0.433 e. The number of amides is 1. The first kappa shape index (κ1) is 21.7. The van der Waals surface area contributed by atoms with Gasteiger partial charge >= 0.3 is 6.18 Å². The van der Waals surface area contributed by atoms with E-state index in [0.717, 1.165) is 24.2 Å². The van der Waals surface area contributed by atoms with Crippen LogP contribution in [-0.4, -0.2) is 31.5 Å². The second-order valence-electron chi connectivity index (χ2n) is 8.48. The van der Waals surface area contributed by atoms with Crippen molar-refractivity contribution in [2.75, 3.05) is 5.32 Å². The molecule has 5 rings (SSSR count). The van der Waals surface area contributed by atoms with Gasteiger partial charge in [-0.05, 0) is 52.1 Å². The second kappa shape index (κ2) is 8.05. The van der Waals surface area contributed by atoms with Gasteiger partial charge in [0.2, 0.25) is 5.91 Å². The number of nitrogens with zero attached hydrogens (tertiary/aromatic N) is 4. The SMILES string of the molecule is CC1(C(=O)Nc2ccc(-c3ccc(C(F)(F)F)nc3)c(-c3nnn[nH]3)c2)CC1c1ccccc1. The summed E-state index contributed by atoms with van der Waals surface area (Å²) >= 11 is 0. The average Bonchev–Trinajstić information content (AvgIpc) is 3.26. The number of hydrogen-bond donors (Lipinski definition) is 2. The number of pyridine rings is 1. The molecule has 4 aromatic rings. The van der Waals surface area contributed by atoms with Crippen molar-refractivity contribution in [3.05, 3.63) is 78.1 Å². The van der Waals surface area contributed by atoms with Crippen LogP contribution < -0.4 is 5.32 Å². The molecule has 2 aromatic carbocycles. The largest absolute Gasteiger partial charge is 0.433 e. The lowest BCUT2D eigenvalue weighted by Gasteiger charge is -2.15. The van der Waals surface area contributed by atoms with Gasteiger partial charge in [-0.2, -0.15) is 13.2 Å². The molecule has 1 aliphatic rings. The highest BCUT2D eigenvalue weighted by Crippen LogP contribution is 2.59. The number of carbonyl (C=O) groups is 1. The molecule has 1 fully saturated rings. The van der Waals surface area contributed by atoms with Crippen LogP contribution in [0.5, 0.6) is 0 Å². The highest BCUT2D eigenvalue weighted by molar-refractivity contribution is 5.99. The molecule has 2 N–H and O–H groups in total. The van der Waals surface area contributed by atoms with Crippen LogP contribution in [0.3, 0.4) is 0 Å². The Kier molecular flexibility index (Phi) is 5.15. The van der Waals surface area contributed by atoms with Gasteiger partial charge in [0.15, 0.2) is 5.82 Å². The number of alkyl halides is 3. The van der Waals surface area contributed by atoms with E-state index in [4.69, 9.17) is 0 Å². The molecule has 2 atom stereocenters. The van der Waals surface area contributed by atoms with E-state index in [1.54, 1.807) is 18.2 Å². The number of rotatable bonds is 5. The van der Waals surface area contributed by atoms with Crippen LogP contribution in [0.25, 0.3) is 22.5 Å². The van der Waals surface area contributed by atoms with Crippen LogP contribution in [0.4, 0.5) is 18.9 Å². The number of tetrazole rings is 1. The van der Waals surface area contributed by atoms with Gasteiger partial charge in [-0.25, -0.2) is 5.10 Å². The number of hydrogen-bond acceptors (Lipinski definition) is 5. The third-order valence-electron chi connectivity index (χ3n) is 6.20. The van der Waals surface area contributed by atoms with E-state index in [0.29, 0.717) is 28.2 Å². The Labute approximate surface area is 192 Å². The van der Waals surface area contributed by atoms with Crippen molar-refractivity contribution in [3.8, 4) is 22.5 Å². The summed E-state index contributed by atoms with van der Waals surface area (Å²) in [5.41, 5.74) is 1.69. The number of H-pyrrole nitrogens is 1. The van der Waals surface area contributed by atoms with E-state index in [2.05, 4.69) is 30.9 Å². The molecule has 10 heteroatoms. The third kappa shape index (κ3) is 4.02. The van der Waals surface area contributed by atoms with Gasteiger partial charge in [-0.15, -0.1) is 5.10 Å². The lowest BCUT2D eigenvalue weighted by Crippen LogP contribution is -2.23. The van der Waals surface area contributed by atoms with Crippen LogP contribution in [0.1, 0.15) is 30.5 Å². The Bertz CT molecular complexity index is 1320. The van der Waals surface area contributed by atoms with Gasteiger partial charge in [0.1, 0.15) is 5.69 Å². The molecule has 2 unspecified atom stereocenters. The molecular weight excluding hydrogens is 445 g/mol. The highest BCUT2D eigenvalue weighted by Gasteiger charge is 2.56. The summed E-state index contributed by atoms with van der Waals surface area (Å²) in [7, 11) is 0. The van der Waals surface area contributed by atoms with Gasteiger partial charge in [-0.3, -0.25) is 9.78 Å². The second-order valence-corrected chi connectivity index (χ2v) is 8.48. The van der Waals surface area contributed by atoms with Crippen molar-refractivity contribution in [3.63, 3.8) is 0 Å². The van der Waals surface area contributed by atoms with Crippen LogP contribution in [-0.2, 0) is 11.0 Å². The summed E-state index contributed by atoms with van der Waals surface area (Å²) in [6, 6.07) is 17.2. The summed E-state index contributed by atoms with van der Waals surface area (Å²) in [4.78, 5) is 16.6. The first-order valence-electron chi connectivity index (χ1n) is 10.5. The molecule has 1 aliphatic carbocycles. The third-order valence-corrected chi connectivity index (χ3v) is 6.20. The van der Waals surface area contributed by atoms with Crippen molar-refractivity contribution in [1.82, 2.24) is 25.6 Å². The maximum atomic E-state index is 13.1. The lowest BCUT2D eigenvalue weighted by molar-refractivity contribution is -0.141. The van der Waals surface area contributed by atoms with Crippen molar-refractivity contribution in [1.29, 1.82) is 0 Å². The zero-order valence-electron chi connectivity index (χ0n) is 18.0. The Hall–Kier alpha value is -4.08. The van der Waals surface area contributed by atoms with Crippen molar-refractivity contribution in [2.24, 2.45) is 5.41 Å². The van der Waals surface area contributed by atoms with E-state index in [1.807, 2.05) is 37.3 Å².